The number of aryl methyl sites for hydroxylation is 1. The Morgan fingerprint density at radius 3 is 2.50 bits per heavy atom. The van der Waals surface area contributed by atoms with Crippen LogP contribution in [-0.2, 0) is 16.0 Å². The number of allylic oxidation sites excluding steroid dienone is 2. The molecule has 4 heteroatoms. The maximum atomic E-state index is 13.1. The molecule has 2 unspecified atom stereocenters. The van der Waals surface area contributed by atoms with E-state index in [1.165, 1.54) is 5.56 Å². The van der Waals surface area contributed by atoms with E-state index in [2.05, 4.69) is 36.5 Å². The van der Waals surface area contributed by atoms with Gasteiger partial charge in [-0.25, -0.2) is 0 Å². The van der Waals surface area contributed by atoms with Crippen molar-refractivity contribution in [2.75, 3.05) is 7.11 Å². The second-order valence-electron chi connectivity index (χ2n) is 7.60. The van der Waals surface area contributed by atoms with Crippen molar-refractivity contribution in [2.24, 2.45) is 0 Å². The van der Waals surface area contributed by atoms with Gasteiger partial charge >= 0.3 is 0 Å². The van der Waals surface area contributed by atoms with Crippen LogP contribution in [0.1, 0.15) is 54.7 Å². The lowest BCUT2D eigenvalue weighted by Gasteiger charge is -2.34. The highest BCUT2D eigenvalue weighted by atomic mass is 16.5. The number of carbonyl (C=O) groups excluding carboxylic acids is 2. The van der Waals surface area contributed by atoms with Crippen LogP contribution in [0.25, 0.3) is 0 Å². The minimum atomic E-state index is -0.145. The third-order valence-electron chi connectivity index (χ3n) is 5.89. The highest BCUT2D eigenvalue weighted by Gasteiger charge is 2.38. The molecule has 1 heterocycles. The third kappa shape index (κ3) is 3.47. The monoisotopic (exact) mass is 375 g/mol. The lowest BCUT2D eigenvalue weighted by atomic mass is 9.73. The molecule has 1 aliphatic heterocycles. The van der Waals surface area contributed by atoms with Crippen LogP contribution >= 0.6 is 0 Å². The average molecular weight is 375 g/mol. The van der Waals surface area contributed by atoms with Crippen LogP contribution in [0, 0.1) is 0 Å². The van der Waals surface area contributed by atoms with Gasteiger partial charge in [0, 0.05) is 30.0 Å². The van der Waals surface area contributed by atoms with Crippen LogP contribution in [0.5, 0.6) is 5.75 Å². The number of methoxy groups -OCH3 is 1. The van der Waals surface area contributed by atoms with Gasteiger partial charge in [0.2, 0.25) is 5.91 Å². The molecule has 0 saturated carbocycles. The first kappa shape index (κ1) is 18.5. The number of carbonyl (C=O) groups is 2. The van der Waals surface area contributed by atoms with Crippen molar-refractivity contribution in [2.45, 2.75) is 44.4 Å². The lowest BCUT2D eigenvalue weighted by molar-refractivity contribution is -0.122. The summed E-state index contributed by atoms with van der Waals surface area (Å²) in [4.78, 5) is 25.5. The van der Waals surface area contributed by atoms with E-state index in [4.69, 9.17) is 4.74 Å². The molecule has 2 aliphatic rings. The number of ether oxygens (including phenoxy) is 1. The van der Waals surface area contributed by atoms with Crippen molar-refractivity contribution in [1.29, 1.82) is 0 Å². The summed E-state index contributed by atoms with van der Waals surface area (Å²) in [5.41, 5.74) is 4.97. The summed E-state index contributed by atoms with van der Waals surface area (Å²) in [5, 5.41) is 2.99. The van der Waals surface area contributed by atoms with E-state index < -0.39 is 0 Å². The largest absolute Gasteiger partial charge is 0.497 e. The van der Waals surface area contributed by atoms with E-state index in [1.807, 2.05) is 24.3 Å². The fourth-order valence-electron chi connectivity index (χ4n) is 4.36. The van der Waals surface area contributed by atoms with Gasteiger partial charge in [-0.05, 0) is 47.6 Å². The molecule has 4 nitrogen and oxygen atoms in total. The first-order valence-electron chi connectivity index (χ1n) is 9.88. The zero-order valence-corrected chi connectivity index (χ0v) is 16.3. The molecule has 0 saturated heterocycles. The SMILES string of the molecule is CCc1ccc(C2CC(=O)NC3=C2C(=O)CC(c2cccc(OC)c2)C3)cc1. The molecule has 1 amide bonds. The van der Waals surface area contributed by atoms with Crippen LogP contribution < -0.4 is 10.1 Å². The fraction of sp³-hybridized carbons (Fsp3) is 0.333. The number of hydrogen-bond donors (Lipinski definition) is 1. The van der Waals surface area contributed by atoms with Crippen LogP contribution in [0.15, 0.2) is 59.8 Å². The summed E-state index contributed by atoms with van der Waals surface area (Å²) >= 11 is 0. The quantitative estimate of drug-likeness (QED) is 0.869. The third-order valence-corrected chi connectivity index (χ3v) is 5.89. The Bertz CT molecular complexity index is 943. The standard InChI is InChI=1S/C24H25NO3/c1-3-15-7-9-16(10-8-15)20-14-23(27)25-21-12-18(13-22(26)24(20)21)17-5-4-6-19(11-17)28-2/h4-11,18,20H,3,12-14H2,1-2H3,(H,25,27). The van der Waals surface area contributed by atoms with E-state index in [0.29, 0.717) is 19.3 Å². The molecule has 0 radical (unpaired) electrons. The highest BCUT2D eigenvalue weighted by Crippen LogP contribution is 2.42. The van der Waals surface area contributed by atoms with E-state index in [-0.39, 0.29) is 23.5 Å². The number of rotatable bonds is 4. The Morgan fingerprint density at radius 2 is 1.79 bits per heavy atom. The minimum absolute atomic E-state index is 0.0117. The lowest BCUT2D eigenvalue weighted by Crippen LogP contribution is -2.38. The van der Waals surface area contributed by atoms with E-state index in [1.54, 1.807) is 7.11 Å². The molecule has 144 valence electrons. The number of hydrogen-bond acceptors (Lipinski definition) is 3. The summed E-state index contributed by atoms with van der Waals surface area (Å²) in [6, 6.07) is 16.2. The van der Waals surface area contributed by atoms with Crippen molar-refractivity contribution in [1.82, 2.24) is 5.32 Å². The highest BCUT2D eigenvalue weighted by molar-refractivity contribution is 6.02. The first-order valence-corrected chi connectivity index (χ1v) is 9.88. The van der Waals surface area contributed by atoms with Crippen molar-refractivity contribution >= 4 is 11.7 Å². The van der Waals surface area contributed by atoms with Gasteiger partial charge < -0.3 is 10.1 Å². The van der Waals surface area contributed by atoms with Crippen molar-refractivity contribution in [3.05, 3.63) is 76.5 Å². The molecule has 0 fully saturated rings. The molecule has 2 aromatic rings. The molecule has 0 aromatic heterocycles. The van der Waals surface area contributed by atoms with Crippen LogP contribution in [0.2, 0.25) is 0 Å². The number of ketones is 1. The molecular formula is C24H25NO3. The minimum Gasteiger partial charge on any atom is -0.497 e. The number of amides is 1. The Morgan fingerprint density at radius 1 is 1.00 bits per heavy atom. The summed E-state index contributed by atoms with van der Waals surface area (Å²) in [6.45, 7) is 2.12. The van der Waals surface area contributed by atoms with E-state index >= 15 is 0 Å². The van der Waals surface area contributed by atoms with Crippen molar-refractivity contribution in [3.63, 3.8) is 0 Å². The zero-order valence-electron chi connectivity index (χ0n) is 16.3. The smallest absolute Gasteiger partial charge is 0.225 e. The topological polar surface area (TPSA) is 55.4 Å². The molecule has 28 heavy (non-hydrogen) atoms. The van der Waals surface area contributed by atoms with Gasteiger partial charge in [-0.1, -0.05) is 43.3 Å². The molecule has 2 aromatic carbocycles. The number of benzene rings is 2. The van der Waals surface area contributed by atoms with Gasteiger partial charge in [-0.3, -0.25) is 9.59 Å². The zero-order chi connectivity index (χ0) is 19.7. The number of nitrogens with one attached hydrogen (secondary N) is 1. The molecule has 0 spiro atoms. The second kappa shape index (κ2) is 7.63. The molecule has 0 bridgehead atoms. The molecule has 1 N–H and O–H groups in total. The van der Waals surface area contributed by atoms with Gasteiger partial charge in [0.05, 0.1) is 7.11 Å². The Hall–Kier alpha value is -2.88. The van der Waals surface area contributed by atoms with Gasteiger partial charge in [-0.15, -0.1) is 0 Å². The number of Topliss-reactive ketones (excluding diaryl/α,β-unsaturated/α-hetero) is 1. The van der Waals surface area contributed by atoms with Crippen LogP contribution in [-0.4, -0.2) is 18.8 Å². The van der Waals surface area contributed by atoms with Gasteiger partial charge in [0.1, 0.15) is 5.75 Å². The Labute approximate surface area is 165 Å². The maximum Gasteiger partial charge on any atom is 0.225 e. The average Bonchev–Trinajstić information content (AvgIpc) is 2.73. The predicted molar refractivity (Wildman–Crippen MR) is 108 cm³/mol. The summed E-state index contributed by atoms with van der Waals surface area (Å²) < 4.78 is 5.32. The van der Waals surface area contributed by atoms with Gasteiger partial charge in [0.15, 0.2) is 5.78 Å². The second-order valence-corrected chi connectivity index (χ2v) is 7.60. The summed E-state index contributed by atoms with van der Waals surface area (Å²) in [7, 11) is 1.64. The molecule has 4 rings (SSSR count). The van der Waals surface area contributed by atoms with Crippen molar-refractivity contribution in [3.8, 4) is 5.75 Å². The van der Waals surface area contributed by atoms with E-state index in [9.17, 15) is 9.59 Å². The Balaban J connectivity index is 1.68. The van der Waals surface area contributed by atoms with Crippen LogP contribution in [0.3, 0.4) is 0 Å². The normalized spacial score (nSPS) is 21.9. The Kier molecular flexibility index (Phi) is 5.03. The molecule has 2 atom stereocenters. The van der Waals surface area contributed by atoms with Crippen molar-refractivity contribution < 1.29 is 14.3 Å². The molecular weight excluding hydrogens is 350 g/mol. The predicted octanol–water partition coefficient (Wildman–Crippen LogP) is 4.26. The van der Waals surface area contributed by atoms with Crippen LogP contribution in [0.4, 0.5) is 0 Å². The summed E-state index contributed by atoms with van der Waals surface area (Å²) in [5.74, 6) is 0.823. The first-order chi connectivity index (χ1) is 13.6. The summed E-state index contributed by atoms with van der Waals surface area (Å²) in [6.07, 6.45) is 2.44. The van der Waals surface area contributed by atoms with Gasteiger partial charge in [0.25, 0.3) is 0 Å². The fourth-order valence-corrected chi connectivity index (χ4v) is 4.36. The van der Waals surface area contributed by atoms with E-state index in [0.717, 1.165) is 34.6 Å². The molecule has 1 aliphatic carbocycles. The van der Waals surface area contributed by atoms with Gasteiger partial charge in [-0.2, -0.15) is 0 Å². The maximum absolute atomic E-state index is 13.1.